The van der Waals surface area contributed by atoms with Crippen LogP contribution in [0.3, 0.4) is 0 Å². The largest absolute Gasteiger partial charge is 0.508 e. The molecule has 1 fully saturated rings. The highest BCUT2D eigenvalue weighted by Gasteiger charge is 2.37. The molecule has 0 unspecified atom stereocenters. The van der Waals surface area contributed by atoms with Crippen molar-refractivity contribution in [3.8, 4) is 28.7 Å². The van der Waals surface area contributed by atoms with Gasteiger partial charge >= 0.3 is 0 Å². The molecule has 1 heterocycles. The molecule has 0 radical (unpaired) electrons. The van der Waals surface area contributed by atoms with Crippen molar-refractivity contribution < 1.29 is 34.3 Å². The Balaban J connectivity index is 1.46. The van der Waals surface area contributed by atoms with E-state index in [9.17, 15) is 20.1 Å². The van der Waals surface area contributed by atoms with Gasteiger partial charge in [0.2, 0.25) is 5.91 Å². The number of hydrogen-bond acceptors (Lipinski definition) is 7. The molecule has 8 heteroatoms. The van der Waals surface area contributed by atoms with Crippen LogP contribution in [-0.2, 0) is 16.0 Å². The third-order valence-electron chi connectivity index (χ3n) is 6.18. The van der Waals surface area contributed by atoms with E-state index in [-0.39, 0.29) is 35.2 Å². The lowest BCUT2D eigenvalue weighted by molar-refractivity contribution is -0.116. The Labute approximate surface area is 209 Å². The average Bonchev–Trinajstić information content (AvgIpc) is 2.86. The molecular weight excluding hydrogens is 462 g/mol. The van der Waals surface area contributed by atoms with Gasteiger partial charge < -0.3 is 34.8 Å². The maximum absolute atomic E-state index is 12.3. The van der Waals surface area contributed by atoms with E-state index in [1.807, 2.05) is 18.2 Å². The third-order valence-corrected chi connectivity index (χ3v) is 6.18. The highest BCUT2D eigenvalue weighted by Crippen LogP contribution is 2.49. The van der Waals surface area contributed by atoms with Gasteiger partial charge in [0.05, 0.1) is 26.9 Å². The van der Waals surface area contributed by atoms with Crippen LogP contribution in [0.5, 0.6) is 28.7 Å². The van der Waals surface area contributed by atoms with Crippen LogP contribution in [0.15, 0.2) is 60.7 Å². The lowest BCUT2D eigenvalue weighted by Gasteiger charge is -2.38. The standard InChI is InChI=1S/C28H29NO7/c1-34-24-15-19(6-9-23(24)31)28-22(16-36-28)21-13-18(14-25(35-2)27(21)33)5-10-26(32)29-12-11-17-3-7-20(30)8-4-17/h3-10,13-15,22,28,30-31,33H,11-12,16H2,1-2H3,(H,29,32)/b10-5+/t22-,28+/m1/s1. The fraction of sp³-hybridized carbons (Fsp3) is 0.250. The summed E-state index contributed by atoms with van der Waals surface area (Å²) in [6, 6.07) is 15.4. The summed E-state index contributed by atoms with van der Waals surface area (Å²) in [5.41, 5.74) is 3.16. The summed E-state index contributed by atoms with van der Waals surface area (Å²) in [6.45, 7) is 0.852. The molecule has 3 aromatic carbocycles. The highest BCUT2D eigenvalue weighted by atomic mass is 16.5. The number of methoxy groups -OCH3 is 2. The van der Waals surface area contributed by atoms with Crippen molar-refractivity contribution in [2.45, 2.75) is 18.4 Å². The Morgan fingerprint density at radius 3 is 2.44 bits per heavy atom. The number of carbonyl (C=O) groups is 1. The first-order chi connectivity index (χ1) is 17.4. The third kappa shape index (κ3) is 5.55. The van der Waals surface area contributed by atoms with Gasteiger partial charge in [-0.25, -0.2) is 0 Å². The first-order valence-corrected chi connectivity index (χ1v) is 11.5. The lowest BCUT2D eigenvalue weighted by atomic mass is 9.84. The van der Waals surface area contributed by atoms with Crippen molar-refractivity contribution in [2.75, 3.05) is 27.4 Å². The van der Waals surface area contributed by atoms with Crippen LogP contribution in [0.2, 0.25) is 0 Å². The molecule has 1 amide bonds. The van der Waals surface area contributed by atoms with Crippen molar-refractivity contribution >= 4 is 12.0 Å². The summed E-state index contributed by atoms with van der Waals surface area (Å²) in [7, 11) is 2.95. The molecule has 4 N–H and O–H groups in total. The Hall–Kier alpha value is -4.17. The first-order valence-electron chi connectivity index (χ1n) is 11.5. The maximum Gasteiger partial charge on any atom is 0.244 e. The summed E-state index contributed by atoms with van der Waals surface area (Å²) >= 11 is 0. The monoisotopic (exact) mass is 491 g/mol. The zero-order valence-corrected chi connectivity index (χ0v) is 20.1. The fourth-order valence-corrected chi connectivity index (χ4v) is 4.15. The Bertz CT molecular complexity index is 1250. The molecule has 36 heavy (non-hydrogen) atoms. The minimum atomic E-state index is -0.336. The van der Waals surface area contributed by atoms with E-state index in [1.165, 1.54) is 20.3 Å². The summed E-state index contributed by atoms with van der Waals surface area (Å²) in [4.78, 5) is 12.3. The van der Waals surface area contributed by atoms with E-state index < -0.39 is 0 Å². The molecule has 1 aliphatic rings. The Kier molecular flexibility index (Phi) is 7.65. The highest BCUT2D eigenvalue weighted by molar-refractivity contribution is 5.91. The first kappa shape index (κ1) is 24.9. The number of carbonyl (C=O) groups excluding carboxylic acids is 1. The van der Waals surface area contributed by atoms with Crippen LogP contribution in [0.1, 0.15) is 34.3 Å². The van der Waals surface area contributed by atoms with Crippen molar-refractivity contribution in [3.63, 3.8) is 0 Å². The second-order valence-electron chi connectivity index (χ2n) is 8.49. The molecule has 4 rings (SSSR count). The van der Waals surface area contributed by atoms with Crippen molar-refractivity contribution in [1.29, 1.82) is 0 Å². The van der Waals surface area contributed by atoms with Gasteiger partial charge in [0.15, 0.2) is 23.0 Å². The summed E-state index contributed by atoms with van der Waals surface area (Å²) < 4.78 is 16.4. The van der Waals surface area contributed by atoms with Crippen LogP contribution in [-0.4, -0.2) is 48.6 Å². The molecule has 2 atom stereocenters. The van der Waals surface area contributed by atoms with Gasteiger partial charge in [-0.2, -0.15) is 0 Å². The SMILES string of the molecule is COc1cc([C@@H]2OC[C@@H]2c2cc(/C=C/C(=O)NCCc3ccc(O)cc3)cc(OC)c2O)ccc1O. The predicted octanol–water partition coefficient (Wildman–Crippen LogP) is 4.05. The Morgan fingerprint density at radius 1 is 1.03 bits per heavy atom. The molecule has 188 valence electrons. The quantitative estimate of drug-likeness (QED) is 0.334. The van der Waals surface area contributed by atoms with E-state index in [0.29, 0.717) is 42.2 Å². The van der Waals surface area contributed by atoms with Crippen LogP contribution >= 0.6 is 0 Å². The second kappa shape index (κ2) is 11.0. The van der Waals surface area contributed by atoms with E-state index in [4.69, 9.17) is 14.2 Å². The van der Waals surface area contributed by atoms with Gasteiger partial charge in [0, 0.05) is 24.1 Å². The summed E-state index contributed by atoms with van der Waals surface area (Å²) in [5, 5.41) is 32.9. The number of amides is 1. The molecule has 3 aromatic rings. The molecule has 0 aromatic heterocycles. The minimum absolute atomic E-state index is 0.0250. The number of nitrogens with one attached hydrogen (secondary N) is 1. The van der Waals surface area contributed by atoms with Gasteiger partial charge in [-0.15, -0.1) is 0 Å². The molecule has 0 saturated carbocycles. The molecule has 1 aliphatic heterocycles. The molecule has 0 bridgehead atoms. The van der Waals surface area contributed by atoms with E-state index in [0.717, 1.165) is 11.1 Å². The number of ether oxygens (including phenoxy) is 3. The van der Waals surface area contributed by atoms with Crippen molar-refractivity contribution in [3.05, 3.63) is 82.9 Å². The minimum Gasteiger partial charge on any atom is -0.508 e. The number of benzene rings is 3. The fourth-order valence-electron chi connectivity index (χ4n) is 4.15. The topological polar surface area (TPSA) is 117 Å². The van der Waals surface area contributed by atoms with E-state index >= 15 is 0 Å². The second-order valence-corrected chi connectivity index (χ2v) is 8.49. The van der Waals surface area contributed by atoms with Crippen LogP contribution in [0.4, 0.5) is 0 Å². The lowest BCUT2D eigenvalue weighted by Crippen LogP contribution is -2.30. The molecule has 8 nitrogen and oxygen atoms in total. The smallest absolute Gasteiger partial charge is 0.244 e. The van der Waals surface area contributed by atoms with Crippen LogP contribution in [0.25, 0.3) is 6.08 Å². The van der Waals surface area contributed by atoms with E-state index in [1.54, 1.807) is 42.5 Å². The number of hydrogen-bond donors (Lipinski definition) is 4. The summed E-state index contributed by atoms with van der Waals surface area (Å²) in [5.74, 6) is 0.513. The molecule has 0 spiro atoms. The molecule has 0 aliphatic carbocycles. The van der Waals surface area contributed by atoms with Gasteiger partial charge in [0.1, 0.15) is 5.75 Å². The van der Waals surface area contributed by atoms with Crippen molar-refractivity contribution in [1.82, 2.24) is 5.32 Å². The normalized spacial score (nSPS) is 16.9. The number of aromatic hydroxyl groups is 3. The van der Waals surface area contributed by atoms with Gasteiger partial charge in [0.25, 0.3) is 0 Å². The van der Waals surface area contributed by atoms with Crippen LogP contribution < -0.4 is 14.8 Å². The average molecular weight is 492 g/mol. The zero-order valence-electron chi connectivity index (χ0n) is 20.1. The maximum atomic E-state index is 12.3. The van der Waals surface area contributed by atoms with Crippen molar-refractivity contribution in [2.24, 2.45) is 0 Å². The van der Waals surface area contributed by atoms with Gasteiger partial charge in [-0.05, 0) is 65.6 Å². The Morgan fingerprint density at radius 2 is 1.78 bits per heavy atom. The number of rotatable bonds is 9. The van der Waals surface area contributed by atoms with Crippen LogP contribution in [0, 0.1) is 0 Å². The molecule has 1 saturated heterocycles. The summed E-state index contributed by atoms with van der Waals surface area (Å²) in [6.07, 6.45) is 3.41. The number of phenolic OH excluding ortho intramolecular Hbond substituents is 3. The van der Waals surface area contributed by atoms with Gasteiger partial charge in [-0.3, -0.25) is 4.79 Å². The predicted molar refractivity (Wildman–Crippen MR) is 135 cm³/mol. The van der Waals surface area contributed by atoms with Gasteiger partial charge in [-0.1, -0.05) is 18.2 Å². The van der Waals surface area contributed by atoms with E-state index in [2.05, 4.69) is 5.32 Å². The molecular formula is C28H29NO7. The number of phenols is 3. The zero-order chi connectivity index (χ0) is 25.7.